The number of hydrogen-bond acceptors (Lipinski definition) is 4. The molecule has 1 heterocycles. The molecule has 1 aromatic heterocycles. The number of carbonyl (C=O) groups excluding carboxylic acids is 1. The first-order valence-corrected chi connectivity index (χ1v) is 6.44. The van der Waals surface area contributed by atoms with E-state index in [9.17, 15) is 13.6 Å². The summed E-state index contributed by atoms with van der Waals surface area (Å²) in [5.74, 6) is -2.37. The Hall–Kier alpha value is -1.82. The quantitative estimate of drug-likeness (QED) is 0.808. The lowest BCUT2D eigenvalue weighted by Gasteiger charge is -1.98. The van der Waals surface area contributed by atoms with Gasteiger partial charge in [-0.25, -0.2) is 18.6 Å². The third-order valence-electron chi connectivity index (χ3n) is 2.43. The van der Waals surface area contributed by atoms with Crippen molar-refractivity contribution < 1.29 is 18.3 Å². The number of rotatable bonds is 3. The van der Waals surface area contributed by atoms with Gasteiger partial charge in [-0.05, 0) is 32.0 Å². The molecule has 6 heteroatoms. The first-order valence-electron chi connectivity index (χ1n) is 5.63. The van der Waals surface area contributed by atoms with Crippen LogP contribution in [0.25, 0.3) is 10.6 Å². The Bertz CT molecular complexity index is 625. The maximum atomic E-state index is 13.2. The van der Waals surface area contributed by atoms with E-state index in [4.69, 9.17) is 4.74 Å². The molecule has 0 aliphatic rings. The number of esters is 1. The van der Waals surface area contributed by atoms with E-state index < -0.39 is 17.6 Å². The molecule has 2 aromatic rings. The minimum atomic E-state index is -0.942. The van der Waals surface area contributed by atoms with Crippen molar-refractivity contribution in [1.82, 2.24) is 4.98 Å². The van der Waals surface area contributed by atoms with Gasteiger partial charge in [0, 0.05) is 10.4 Å². The van der Waals surface area contributed by atoms with Crippen LogP contribution in [0.4, 0.5) is 8.78 Å². The standard InChI is InChI=1S/C13H11F2NO2S/c1-3-18-13(17)11-7(2)19-12(16-11)8-4-5-9(14)10(15)6-8/h4-6H,3H2,1-2H3. The molecular weight excluding hydrogens is 272 g/mol. The van der Waals surface area contributed by atoms with E-state index in [0.29, 0.717) is 15.4 Å². The minimum absolute atomic E-state index is 0.214. The van der Waals surface area contributed by atoms with Gasteiger partial charge in [-0.15, -0.1) is 11.3 Å². The van der Waals surface area contributed by atoms with Crippen LogP contribution in [0.15, 0.2) is 18.2 Å². The molecule has 0 unspecified atom stereocenters. The second kappa shape index (κ2) is 5.44. The summed E-state index contributed by atoms with van der Waals surface area (Å²) in [5, 5.41) is 0.458. The van der Waals surface area contributed by atoms with Crippen molar-refractivity contribution in [2.75, 3.05) is 6.61 Å². The Morgan fingerprint density at radius 3 is 2.74 bits per heavy atom. The van der Waals surface area contributed by atoms with E-state index in [0.717, 1.165) is 12.1 Å². The van der Waals surface area contributed by atoms with Crippen LogP contribution in [0.2, 0.25) is 0 Å². The number of thiazole rings is 1. The van der Waals surface area contributed by atoms with Crippen molar-refractivity contribution in [1.29, 1.82) is 0 Å². The van der Waals surface area contributed by atoms with Gasteiger partial charge in [0.1, 0.15) is 5.01 Å². The number of hydrogen-bond donors (Lipinski definition) is 0. The zero-order chi connectivity index (χ0) is 14.0. The molecular formula is C13H11F2NO2S. The minimum Gasteiger partial charge on any atom is -0.461 e. The highest BCUT2D eigenvalue weighted by atomic mass is 32.1. The van der Waals surface area contributed by atoms with Crippen molar-refractivity contribution in [3.63, 3.8) is 0 Å². The summed E-state index contributed by atoms with van der Waals surface area (Å²) in [5.41, 5.74) is 0.647. The zero-order valence-electron chi connectivity index (χ0n) is 10.4. The summed E-state index contributed by atoms with van der Waals surface area (Å²) in [7, 11) is 0. The van der Waals surface area contributed by atoms with Crippen LogP contribution in [-0.4, -0.2) is 17.6 Å². The summed E-state index contributed by atoms with van der Waals surface area (Å²) in [4.78, 5) is 16.4. The van der Waals surface area contributed by atoms with Gasteiger partial charge in [-0.1, -0.05) is 0 Å². The van der Waals surface area contributed by atoms with Gasteiger partial charge >= 0.3 is 5.97 Å². The van der Waals surface area contributed by atoms with Crippen LogP contribution in [0.3, 0.4) is 0 Å². The van der Waals surface area contributed by atoms with Crippen LogP contribution in [0.5, 0.6) is 0 Å². The van der Waals surface area contributed by atoms with Gasteiger partial charge in [0.25, 0.3) is 0 Å². The fourth-order valence-electron chi connectivity index (χ4n) is 1.54. The predicted octanol–water partition coefficient (Wildman–Crippen LogP) is 3.57. The van der Waals surface area contributed by atoms with Crippen molar-refractivity contribution >= 4 is 17.3 Å². The van der Waals surface area contributed by atoms with E-state index >= 15 is 0 Å². The Morgan fingerprint density at radius 1 is 1.37 bits per heavy atom. The first-order chi connectivity index (χ1) is 9.02. The van der Waals surface area contributed by atoms with Crippen molar-refractivity contribution in [2.24, 2.45) is 0 Å². The lowest BCUT2D eigenvalue weighted by molar-refractivity contribution is 0.0519. The Kier molecular flexibility index (Phi) is 3.90. The molecule has 1 aromatic carbocycles. The SMILES string of the molecule is CCOC(=O)c1nc(-c2ccc(F)c(F)c2)sc1C. The van der Waals surface area contributed by atoms with E-state index in [1.807, 2.05) is 0 Å². The fraction of sp³-hybridized carbons (Fsp3) is 0.231. The lowest BCUT2D eigenvalue weighted by atomic mass is 10.2. The van der Waals surface area contributed by atoms with Gasteiger partial charge in [-0.2, -0.15) is 0 Å². The monoisotopic (exact) mass is 283 g/mol. The highest BCUT2D eigenvalue weighted by molar-refractivity contribution is 7.15. The normalized spacial score (nSPS) is 10.5. The molecule has 0 aliphatic heterocycles. The Labute approximate surface area is 112 Å². The number of halogens is 2. The van der Waals surface area contributed by atoms with E-state index in [1.165, 1.54) is 17.4 Å². The summed E-state index contributed by atoms with van der Waals surface area (Å²) in [6, 6.07) is 3.51. The van der Waals surface area contributed by atoms with Crippen molar-refractivity contribution in [3.05, 3.63) is 40.4 Å². The molecule has 0 aliphatic carbocycles. The van der Waals surface area contributed by atoms with Gasteiger partial charge in [0.15, 0.2) is 17.3 Å². The van der Waals surface area contributed by atoms with E-state index in [-0.39, 0.29) is 12.3 Å². The second-order valence-electron chi connectivity index (χ2n) is 3.77. The van der Waals surface area contributed by atoms with Crippen molar-refractivity contribution in [3.8, 4) is 10.6 Å². The molecule has 0 saturated carbocycles. The van der Waals surface area contributed by atoms with Crippen LogP contribution in [0.1, 0.15) is 22.3 Å². The number of carbonyl (C=O) groups is 1. The fourth-order valence-corrected chi connectivity index (χ4v) is 2.44. The topological polar surface area (TPSA) is 39.2 Å². The van der Waals surface area contributed by atoms with Gasteiger partial charge in [0.2, 0.25) is 0 Å². The molecule has 0 spiro atoms. The number of aryl methyl sites for hydroxylation is 1. The van der Waals surface area contributed by atoms with E-state index in [2.05, 4.69) is 4.98 Å². The summed E-state index contributed by atoms with van der Waals surface area (Å²) >= 11 is 1.24. The molecule has 0 radical (unpaired) electrons. The maximum absolute atomic E-state index is 13.2. The van der Waals surface area contributed by atoms with Crippen LogP contribution in [-0.2, 0) is 4.74 Å². The highest BCUT2D eigenvalue weighted by Crippen LogP contribution is 2.28. The first kappa shape index (κ1) is 13.6. The maximum Gasteiger partial charge on any atom is 0.358 e. The largest absolute Gasteiger partial charge is 0.461 e. The van der Waals surface area contributed by atoms with Crippen LogP contribution < -0.4 is 0 Å². The third-order valence-corrected chi connectivity index (χ3v) is 3.45. The molecule has 0 bridgehead atoms. The Morgan fingerprint density at radius 2 is 2.11 bits per heavy atom. The molecule has 100 valence electrons. The summed E-state index contributed by atoms with van der Waals surface area (Å²) in [6.07, 6.45) is 0. The molecule has 19 heavy (non-hydrogen) atoms. The zero-order valence-corrected chi connectivity index (χ0v) is 11.2. The smallest absolute Gasteiger partial charge is 0.358 e. The van der Waals surface area contributed by atoms with Gasteiger partial charge in [0.05, 0.1) is 6.61 Å². The predicted molar refractivity (Wildman–Crippen MR) is 68.2 cm³/mol. The highest BCUT2D eigenvalue weighted by Gasteiger charge is 2.17. The summed E-state index contributed by atoms with van der Waals surface area (Å²) < 4.78 is 30.9. The van der Waals surface area contributed by atoms with Crippen molar-refractivity contribution in [2.45, 2.75) is 13.8 Å². The molecule has 0 amide bonds. The number of nitrogens with zero attached hydrogens (tertiary/aromatic N) is 1. The molecule has 2 rings (SSSR count). The van der Waals surface area contributed by atoms with Crippen LogP contribution in [0, 0.1) is 18.6 Å². The number of aromatic nitrogens is 1. The molecule has 0 fully saturated rings. The van der Waals surface area contributed by atoms with E-state index in [1.54, 1.807) is 13.8 Å². The number of benzene rings is 1. The Balaban J connectivity index is 2.38. The second-order valence-corrected chi connectivity index (χ2v) is 4.98. The molecule has 0 saturated heterocycles. The van der Waals surface area contributed by atoms with Gasteiger partial charge in [-0.3, -0.25) is 0 Å². The van der Waals surface area contributed by atoms with Gasteiger partial charge < -0.3 is 4.74 Å². The third kappa shape index (κ3) is 2.78. The number of ether oxygens (including phenoxy) is 1. The molecule has 0 N–H and O–H groups in total. The summed E-state index contributed by atoms with van der Waals surface area (Å²) in [6.45, 7) is 3.69. The average molecular weight is 283 g/mol. The molecule has 0 atom stereocenters. The average Bonchev–Trinajstić information content (AvgIpc) is 2.75. The molecule has 3 nitrogen and oxygen atoms in total. The van der Waals surface area contributed by atoms with Crippen LogP contribution >= 0.6 is 11.3 Å². The lowest BCUT2D eigenvalue weighted by Crippen LogP contribution is -2.06.